The Balaban J connectivity index is 1.80. The van der Waals surface area contributed by atoms with Gasteiger partial charge in [-0.1, -0.05) is 11.6 Å². The van der Waals surface area contributed by atoms with Crippen LogP contribution in [0.2, 0.25) is 5.02 Å². The SMILES string of the molecule is COC(=O)c1c(NC(=O)CCn2nc(C(F)(F)F)c(Cl)c2C2CC2)sc(C(N)=O)c1C. The van der Waals surface area contributed by atoms with Crippen LogP contribution < -0.4 is 11.1 Å². The average Bonchev–Trinajstić information content (AvgIpc) is 3.37. The van der Waals surface area contributed by atoms with Crippen LogP contribution in [-0.4, -0.2) is 34.7 Å². The van der Waals surface area contributed by atoms with Gasteiger partial charge in [-0.2, -0.15) is 18.3 Å². The zero-order valence-electron chi connectivity index (χ0n) is 16.4. The van der Waals surface area contributed by atoms with Crippen LogP contribution in [-0.2, 0) is 22.3 Å². The number of esters is 1. The summed E-state index contributed by atoms with van der Waals surface area (Å²) in [7, 11) is 1.15. The van der Waals surface area contributed by atoms with Gasteiger partial charge in [-0.15, -0.1) is 11.3 Å². The number of methoxy groups -OCH3 is 1. The first kappa shape index (κ1) is 23.1. The summed E-state index contributed by atoms with van der Waals surface area (Å²) in [6, 6.07) is 0. The second kappa shape index (κ2) is 8.50. The van der Waals surface area contributed by atoms with Gasteiger partial charge in [0.25, 0.3) is 5.91 Å². The van der Waals surface area contributed by atoms with Gasteiger partial charge < -0.3 is 15.8 Å². The predicted molar refractivity (Wildman–Crippen MR) is 106 cm³/mol. The largest absolute Gasteiger partial charge is 0.465 e. The lowest BCUT2D eigenvalue weighted by atomic mass is 10.1. The molecule has 8 nitrogen and oxygen atoms in total. The Bertz CT molecular complexity index is 1060. The van der Waals surface area contributed by atoms with E-state index in [1.807, 2.05) is 0 Å². The number of anilines is 1. The second-order valence-electron chi connectivity index (χ2n) is 6.96. The molecule has 0 atom stereocenters. The fourth-order valence-electron chi connectivity index (χ4n) is 3.13. The van der Waals surface area contributed by atoms with Crippen LogP contribution in [0.3, 0.4) is 0 Å². The number of carbonyl (C=O) groups is 3. The van der Waals surface area contributed by atoms with Crippen molar-refractivity contribution in [2.45, 2.75) is 44.8 Å². The number of hydrogen-bond donors (Lipinski definition) is 2. The van der Waals surface area contributed by atoms with Gasteiger partial charge in [0.15, 0.2) is 5.69 Å². The summed E-state index contributed by atoms with van der Waals surface area (Å²) in [5, 5.41) is 5.70. The number of rotatable bonds is 7. The van der Waals surface area contributed by atoms with E-state index >= 15 is 0 Å². The molecule has 0 spiro atoms. The van der Waals surface area contributed by atoms with E-state index in [9.17, 15) is 27.6 Å². The normalized spacial score (nSPS) is 13.9. The molecule has 0 radical (unpaired) electrons. The van der Waals surface area contributed by atoms with Crippen molar-refractivity contribution in [1.29, 1.82) is 0 Å². The van der Waals surface area contributed by atoms with Gasteiger partial charge in [0.1, 0.15) is 5.00 Å². The molecule has 0 aliphatic heterocycles. The van der Waals surface area contributed by atoms with Crippen LogP contribution in [0.25, 0.3) is 0 Å². The third-order valence-electron chi connectivity index (χ3n) is 4.73. The predicted octanol–water partition coefficient (Wildman–Crippen LogP) is 3.72. The standard InChI is InChI=1S/C18H18ClF3N4O4S/c1-7-10(17(29)30-2)16(31-13(7)15(23)28)24-9(27)5-6-26-12(8-3-4-8)11(19)14(25-26)18(20,21)22/h8H,3-6H2,1-2H3,(H2,23,28)(H,24,27). The Kier molecular flexibility index (Phi) is 6.33. The fraction of sp³-hybridized carbons (Fsp3) is 0.444. The molecule has 2 aromatic heterocycles. The molecule has 0 aromatic carbocycles. The van der Waals surface area contributed by atoms with Gasteiger partial charge in [-0.3, -0.25) is 14.3 Å². The van der Waals surface area contributed by atoms with Crippen molar-refractivity contribution >= 4 is 45.7 Å². The molecule has 1 saturated carbocycles. The van der Waals surface area contributed by atoms with Crippen molar-refractivity contribution in [3.8, 4) is 0 Å². The minimum Gasteiger partial charge on any atom is -0.465 e. The van der Waals surface area contributed by atoms with Gasteiger partial charge in [0.2, 0.25) is 5.91 Å². The van der Waals surface area contributed by atoms with Crippen molar-refractivity contribution in [2.24, 2.45) is 5.73 Å². The third kappa shape index (κ3) is 4.69. The number of halogens is 4. The highest BCUT2D eigenvalue weighted by Crippen LogP contribution is 2.47. The first-order chi connectivity index (χ1) is 14.5. The molecule has 3 N–H and O–H groups in total. The first-order valence-electron chi connectivity index (χ1n) is 9.10. The zero-order valence-corrected chi connectivity index (χ0v) is 18.0. The molecule has 31 heavy (non-hydrogen) atoms. The number of thiophene rings is 1. The summed E-state index contributed by atoms with van der Waals surface area (Å²) in [6.07, 6.45) is -3.55. The molecule has 2 aromatic rings. The number of carbonyl (C=O) groups excluding carboxylic acids is 3. The van der Waals surface area contributed by atoms with Gasteiger partial charge in [-0.05, 0) is 25.3 Å². The van der Waals surface area contributed by atoms with Gasteiger partial charge in [0.05, 0.1) is 34.8 Å². The summed E-state index contributed by atoms with van der Waals surface area (Å²) in [5.41, 5.74) is 4.65. The Morgan fingerprint density at radius 3 is 2.52 bits per heavy atom. The summed E-state index contributed by atoms with van der Waals surface area (Å²) >= 11 is 6.73. The van der Waals surface area contributed by atoms with E-state index in [1.54, 1.807) is 0 Å². The lowest BCUT2D eigenvalue weighted by molar-refractivity contribution is -0.141. The molecule has 3 rings (SSSR count). The van der Waals surface area contributed by atoms with Crippen molar-refractivity contribution in [3.63, 3.8) is 0 Å². The van der Waals surface area contributed by atoms with E-state index < -0.39 is 34.7 Å². The number of aryl methyl sites for hydroxylation is 1. The van der Waals surface area contributed by atoms with Crippen LogP contribution in [0.4, 0.5) is 18.2 Å². The van der Waals surface area contributed by atoms with E-state index in [2.05, 4.69) is 15.2 Å². The number of primary amides is 1. The zero-order chi connectivity index (χ0) is 23.1. The highest BCUT2D eigenvalue weighted by Gasteiger charge is 2.42. The molecule has 13 heteroatoms. The Labute approximate surface area is 183 Å². The fourth-order valence-corrected chi connectivity index (χ4v) is 4.59. The smallest absolute Gasteiger partial charge is 0.436 e. The van der Waals surface area contributed by atoms with Crippen molar-refractivity contribution < 1.29 is 32.3 Å². The molecule has 168 valence electrons. The minimum atomic E-state index is -4.71. The molecule has 1 aliphatic rings. The van der Waals surface area contributed by atoms with Crippen LogP contribution in [0.15, 0.2) is 0 Å². The number of aromatic nitrogens is 2. The number of alkyl halides is 3. The summed E-state index contributed by atoms with van der Waals surface area (Å²) in [6.45, 7) is 1.35. The van der Waals surface area contributed by atoms with Crippen LogP contribution in [0.5, 0.6) is 0 Å². The molecular weight excluding hydrogens is 461 g/mol. The maximum atomic E-state index is 13.2. The van der Waals surface area contributed by atoms with Crippen LogP contribution in [0, 0.1) is 6.92 Å². The van der Waals surface area contributed by atoms with Gasteiger partial charge in [-0.25, -0.2) is 4.79 Å². The van der Waals surface area contributed by atoms with Crippen molar-refractivity contribution in [3.05, 3.63) is 32.4 Å². The average molecular weight is 479 g/mol. The van der Waals surface area contributed by atoms with Crippen LogP contribution >= 0.6 is 22.9 Å². The summed E-state index contributed by atoms with van der Waals surface area (Å²) in [4.78, 5) is 36.2. The van der Waals surface area contributed by atoms with E-state index in [0.717, 1.165) is 23.1 Å². The lowest BCUT2D eigenvalue weighted by Gasteiger charge is -2.08. The summed E-state index contributed by atoms with van der Waals surface area (Å²) in [5.74, 6) is -2.25. The van der Waals surface area contributed by atoms with E-state index in [1.165, 1.54) is 6.92 Å². The third-order valence-corrected chi connectivity index (χ3v) is 6.32. The first-order valence-corrected chi connectivity index (χ1v) is 10.3. The number of ether oxygens (including phenoxy) is 1. The number of nitrogens with two attached hydrogens (primary N) is 1. The minimum absolute atomic E-state index is 0.00480. The highest BCUT2D eigenvalue weighted by molar-refractivity contribution is 7.18. The Hall–Kier alpha value is -2.60. The number of nitrogens with one attached hydrogen (secondary N) is 1. The van der Waals surface area contributed by atoms with E-state index in [-0.39, 0.29) is 45.6 Å². The molecule has 0 unspecified atom stereocenters. The molecule has 2 amide bonds. The monoisotopic (exact) mass is 478 g/mol. The lowest BCUT2D eigenvalue weighted by Crippen LogP contribution is -2.17. The maximum Gasteiger partial charge on any atom is 0.436 e. The topological polar surface area (TPSA) is 116 Å². The molecule has 0 bridgehead atoms. The van der Waals surface area contributed by atoms with Crippen molar-refractivity contribution in [1.82, 2.24) is 9.78 Å². The van der Waals surface area contributed by atoms with E-state index in [4.69, 9.17) is 17.3 Å². The number of hydrogen-bond acceptors (Lipinski definition) is 6. The molecule has 1 aliphatic carbocycles. The molecule has 1 fully saturated rings. The molecule has 0 saturated heterocycles. The molecular formula is C18H18ClF3N4O4S. The Morgan fingerprint density at radius 1 is 1.35 bits per heavy atom. The quantitative estimate of drug-likeness (QED) is 0.588. The number of nitrogens with zero attached hydrogens (tertiary/aromatic N) is 2. The van der Waals surface area contributed by atoms with Crippen molar-refractivity contribution in [2.75, 3.05) is 12.4 Å². The van der Waals surface area contributed by atoms with Crippen LogP contribution in [0.1, 0.15) is 62.2 Å². The Morgan fingerprint density at radius 2 is 2.00 bits per heavy atom. The highest BCUT2D eigenvalue weighted by atomic mass is 35.5. The van der Waals surface area contributed by atoms with Gasteiger partial charge in [0, 0.05) is 12.3 Å². The summed E-state index contributed by atoms with van der Waals surface area (Å²) < 4.78 is 45.3. The van der Waals surface area contributed by atoms with Gasteiger partial charge >= 0.3 is 12.1 Å². The maximum absolute atomic E-state index is 13.2. The number of amides is 2. The van der Waals surface area contributed by atoms with E-state index in [0.29, 0.717) is 12.8 Å². The molecule has 2 heterocycles. The second-order valence-corrected chi connectivity index (χ2v) is 8.36.